The second-order valence-corrected chi connectivity index (χ2v) is 7.47. The van der Waals surface area contributed by atoms with Gasteiger partial charge in [0, 0.05) is 32.2 Å². The summed E-state index contributed by atoms with van der Waals surface area (Å²) in [5.74, 6) is 0.663. The number of allylic oxidation sites excluding steroid dienone is 6. The quantitative estimate of drug-likeness (QED) is 0.808. The first kappa shape index (κ1) is 16.3. The van der Waals surface area contributed by atoms with Crippen LogP contribution >= 0.6 is 0 Å². The lowest BCUT2D eigenvalue weighted by molar-refractivity contribution is -0.122. The fourth-order valence-corrected chi connectivity index (χ4v) is 4.40. The van der Waals surface area contributed by atoms with E-state index in [0.717, 1.165) is 6.54 Å². The molecule has 0 saturated carbocycles. The molecule has 0 spiro atoms. The molecule has 0 aromatic carbocycles. The molecule has 24 heavy (non-hydrogen) atoms. The predicted molar refractivity (Wildman–Crippen MR) is 97.2 cm³/mol. The van der Waals surface area contributed by atoms with Gasteiger partial charge in [0.1, 0.15) is 12.3 Å². The summed E-state index contributed by atoms with van der Waals surface area (Å²) in [4.78, 5) is 0. The number of hydrogen-bond donors (Lipinski definition) is 1. The number of fused-ring (bicyclic) bond motifs is 1. The Kier molecular flexibility index (Phi) is 4.72. The van der Waals surface area contributed by atoms with Crippen molar-refractivity contribution >= 4 is 0 Å². The molecular formula is C20H29N3O. The highest BCUT2D eigenvalue weighted by molar-refractivity contribution is 5.36. The topological polar surface area (TPSA) is 31.0 Å². The minimum Gasteiger partial charge on any atom is -0.348 e. The van der Waals surface area contributed by atoms with Crippen LogP contribution in [-0.4, -0.2) is 54.6 Å². The Balaban J connectivity index is 1.38. The second kappa shape index (κ2) is 6.96. The van der Waals surface area contributed by atoms with Gasteiger partial charge in [-0.15, -0.1) is 0 Å². The number of ether oxygens (including phenoxy) is 1. The van der Waals surface area contributed by atoms with Gasteiger partial charge in [-0.05, 0) is 24.3 Å². The van der Waals surface area contributed by atoms with Crippen molar-refractivity contribution in [1.82, 2.24) is 15.3 Å². The van der Waals surface area contributed by atoms with Crippen molar-refractivity contribution in [2.24, 2.45) is 5.92 Å². The van der Waals surface area contributed by atoms with Crippen molar-refractivity contribution in [2.45, 2.75) is 50.6 Å². The minimum atomic E-state index is 0.161. The van der Waals surface area contributed by atoms with Crippen LogP contribution in [-0.2, 0) is 4.74 Å². The molecule has 3 saturated heterocycles. The van der Waals surface area contributed by atoms with Crippen LogP contribution in [0.4, 0.5) is 0 Å². The molecule has 0 aromatic heterocycles. The normalized spacial score (nSPS) is 46.1. The van der Waals surface area contributed by atoms with E-state index in [1.165, 1.54) is 31.4 Å². The molecule has 0 aromatic rings. The highest BCUT2D eigenvalue weighted by atomic mass is 16.6. The third kappa shape index (κ3) is 3.29. The maximum Gasteiger partial charge on any atom is 0.140 e. The van der Waals surface area contributed by atoms with Crippen molar-refractivity contribution in [3.63, 3.8) is 0 Å². The zero-order chi connectivity index (χ0) is 16.5. The van der Waals surface area contributed by atoms with E-state index >= 15 is 0 Å². The van der Waals surface area contributed by atoms with Gasteiger partial charge >= 0.3 is 0 Å². The fourth-order valence-electron chi connectivity index (χ4n) is 4.40. The summed E-state index contributed by atoms with van der Waals surface area (Å²) in [5, 5.41) is 8.81. The predicted octanol–water partition coefficient (Wildman–Crippen LogP) is 2.63. The van der Waals surface area contributed by atoms with Gasteiger partial charge in [0.15, 0.2) is 0 Å². The van der Waals surface area contributed by atoms with Crippen molar-refractivity contribution in [2.75, 3.05) is 20.1 Å². The molecule has 4 aliphatic rings. The van der Waals surface area contributed by atoms with Crippen LogP contribution in [0, 0.1) is 5.92 Å². The Morgan fingerprint density at radius 3 is 2.88 bits per heavy atom. The van der Waals surface area contributed by atoms with E-state index < -0.39 is 0 Å². The molecule has 3 heterocycles. The zero-order valence-corrected chi connectivity index (χ0v) is 14.8. The van der Waals surface area contributed by atoms with E-state index in [4.69, 9.17) is 4.74 Å². The first-order chi connectivity index (χ1) is 11.7. The number of epoxide rings is 1. The maximum atomic E-state index is 5.95. The molecule has 0 amide bonds. The van der Waals surface area contributed by atoms with Crippen molar-refractivity contribution in [3.8, 4) is 0 Å². The number of piperidine rings is 1. The van der Waals surface area contributed by atoms with Crippen LogP contribution in [0.1, 0.15) is 26.2 Å². The molecule has 1 N–H and O–H groups in total. The smallest absolute Gasteiger partial charge is 0.140 e. The molecule has 5 unspecified atom stereocenters. The number of hydrazine groups is 1. The van der Waals surface area contributed by atoms with Gasteiger partial charge in [0.05, 0.1) is 0 Å². The van der Waals surface area contributed by atoms with Crippen LogP contribution < -0.4 is 5.32 Å². The van der Waals surface area contributed by atoms with Gasteiger partial charge in [-0.2, -0.15) is 0 Å². The van der Waals surface area contributed by atoms with E-state index in [9.17, 15) is 0 Å². The minimum absolute atomic E-state index is 0.161. The lowest BCUT2D eigenvalue weighted by atomic mass is 9.85. The van der Waals surface area contributed by atoms with E-state index in [-0.39, 0.29) is 12.3 Å². The van der Waals surface area contributed by atoms with Gasteiger partial charge in [0.25, 0.3) is 0 Å². The largest absolute Gasteiger partial charge is 0.348 e. The van der Waals surface area contributed by atoms with Gasteiger partial charge in [-0.25, -0.2) is 10.0 Å². The lowest BCUT2D eigenvalue weighted by Crippen LogP contribution is -2.64. The molecule has 4 rings (SSSR count). The summed E-state index contributed by atoms with van der Waals surface area (Å²) in [6.07, 6.45) is 19.0. The van der Waals surface area contributed by atoms with Crippen LogP contribution in [0.25, 0.3) is 0 Å². The number of hydrogen-bond acceptors (Lipinski definition) is 4. The van der Waals surface area contributed by atoms with Crippen LogP contribution in [0.3, 0.4) is 0 Å². The molecule has 4 nitrogen and oxygen atoms in total. The number of nitrogens with one attached hydrogen (secondary N) is 1. The molecule has 1 aliphatic carbocycles. The lowest BCUT2D eigenvalue weighted by Gasteiger charge is -2.51. The summed E-state index contributed by atoms with van der Waals surface area (Å²) in [6.45, 7) is 4.70. The third-order valence-electron chi connectivity index (χ3n) is 5.88. The van der Waals surface area contributed by atoms with Crippen molar-refractivity contribution in [3.05, 3.63) is 48.1 Å². The molecule has 130 valence electrons. The van der Waals surface area contributed by atoms with Gasteiger partial charge in [-0.3, -0.25) is 5.32 Å². The summed E-state index contributed by atoms with van der Waals surface area (Å²) in [7, 11) is 2.24. The number of rotatable bonds is 3. The average molecular weight is 327 g/mol. The van der Waals surface area contributed by atoms with E-state index in [1.54, 1.807) is 0 Å². The Morgan fingerprint density at radius 1 is 1.12 bits per heavy atom. The molecule has 0 radical (unpaired) electrons. The highest BCUT2D eigenvalue weighted by Crippen LogP contribution is 2.34. The first-order valence-corrected chi connectivity index (χ1v) is 9.35. The summed E-state index contributed by atoms with van der Waals surface area (Å²) in [6, 6.07) is 1.18. The van der Waals surface area contributed by atoms with Gasteiger partial charge in [-0.1, -0.05) is 55.9 Å². The third-order valence-corrected chi connectivity index (χ3v) is 5.88. The van der Waals surface area contributed by atoms with Crippen LogP contribution in [0.15, 0.2) is 48.1 Å². The zero-order valence-electron chi connectivity index (χ0n) is 14.8. The SMILES string of the molecule is CC1C(NC2OC2C2=C/C=C\C=C/C=C\2)CN(C)N2CCCCC12. The van der Waals surface area contributed by atoms with E-state index in [1.807, 2.05) is 6.08 Å². The first-order valence-electron chi connectivity index (χ1n) is 9.35. The Bertz CT molecular complexity index is 579. The second-order valence-electron chi connectivity index (χ2n) is 7.47. The molecule has 3 fully saturated rings. The summed E-state index contributed by atoms with van der Waals surface area (Å²) < 4.78 is 5.95. The van der Waals surface area contributed by atoms with Crippen LogP contribution in [0.5, 0.6) is 0 Å². The maximum absolute atomic E-state index is 5.95. The van der Waals surface area contributed by atoms with Gasteiger partial charge in [0.2, 0.25) is 0 Å². The number of likely N-dealkylation sites (N-methyl/N-ethyl adjacent to an activating group) is 1. The average Bonchev–Trinajstić information content (AvgIpc) is 3.31. The highest BCUT2D eigenvalue weighted by Gasteiger charge is 2.46. The van der Waals surface area contributed by atoms with E-state index in [2.05, 4.69) is 65.8 Å². The Hall–Kier alpha value is -1.20. The van der Waals surface area contributed by atoms with Crippen molar-refractivity contribution in [1.29, 1.82) is 0 Å². The van der Waals surface area contributed by atoms with E-state index in [0.29, 0.717) is 18.0 Å². The molecule has 4 heteroatoms. The monoisotopic (exact) mass is 327 g/mol. The molecular weight excluding hydrogens is 298 g/mol. The standard InChI is InChI=1S/C20H29N3O/c1-15-17(14-22(2)23-13-9-8-12-18(15)23)21-20-19(24-20)16-10-6-4-3-5-7-11-16/h3-7,10-11,15,17-21H,8-9,12-14H2,1-2H3/b4-3-,5-3?,6-4?,7-5-,10-6-,11-7?,16-10?,16-11+. The molecule has 0 bridgehead atoms. The molecule has 3 aliphatic heterocycles. The summed E-state index contributed by atoms with van der Waals surface area (Å²) >= 11 is 0. The number of nitrogens with zero attached hydrogens (tertiary/aromatic N) is 2. The fraction of sp³-hybridized carbons (Fsp3) is 0.600. The Morgan fingerprint density at radius 2 is 1.96 bits per heavy atom. The van der Waals surface area contributed by atoms with Crippen molar-refractivity contribution < 1.29 is 4.74 Å². The van der Waals surface area contributed by atoms with Crippen LogP contribution in [0.2, 0.25) is 0 Å². The molecule has 5 atom stereocenters. The van der Waals surface area contributed by atoms with Gasteiger partial charge < -0.3 is 4.74 Å². The Labute approximate surface area is 145 Å². The summed E-state index contributed by atoms with van der Waals surface area (Å²) in [5.41, 5.74) is 1.25.